The summed E-state index contributed by atoms with van der Waals surface area (Å²) in [6, 6.07) is 0. The molecule has 0 aliphatic carbocycles. The SMILES string of the molecule is O.O.[CaH2].[Zn]. The van der Waals surface area contributed by atoms with Crippen LogP contribution in [0.2, 0.25) is 0 Å². The zero-order valence-electron chi connectivity index (χ0n) is 1.71. The second-order valence-corrected chi connectivity index (χ2v) is 0. The van der Waals surface area contributed by atoms with Gasteiger partial charge >= 0.3 is 37.7 Å². The fourth-order valence-electron chi connectivity index (χ4n) is 0. The van der Waals surface area contributed by atoms with Crippen molar-refractivity contribution in [2.45, 2.75) is 0 Å². The van der Waals surface area contributed by atoms with E-state index in [9.17, 15) is 0 Å². The van der Waals surface area contributed by atoms with Gasteiger partial charge in [-0.1, -0.05) is 0 Å². The number of hydrogen-bond donors (Lipinski definition) is 0. The molecule has 0 amide bonds. The smallest absolute Gasteiger partial charge is 0 e. The summed E-state index contributed by atoms with van der Waals surface area (Å²) in [5.41, 5.74) is 0. The van der Waals surface area contributed by atoms with Gasteiger partial charge in [-0.25, -0.2) is 0 Å². The van der Waals surface area contributed by atoms with Crippen LogP contribution in [0.25, 0.3) is 0 Å². The quantitative estimate of drug-likeness (QED) is 0.335. The van der Waals surface area contributed by atoms with Crippen molar-refractivity contribution in [1.82, 2.24) is 0 Å². The fraction of sp³-hybridized carbons (Fsp3) is 0. The number of hydrogen-bond acceptors (Lipinski definition) is 0. The third kappa shape index (κ3) is 9.19. The van der Waals surface area contributed by atoms with E-state index in [2.05, 4.69) is 0 Å². The summed E-state index contributed by atoms with van der Waals surface area (Å²) in [4.78, 5) is 0. The molecule has 4 N–H and O–H groups in total. The van der Waals surface area contributed by atoms with Gasteiger partial charge in [0.1, 0.15) is 0 Å². The standard InChI is InChI=1S/Ca.2H2O.Zn.2H/h;2*1H2;;;. The molecular formula is H6CaO2Zn. The second kappa shape index (κ2) is 21.4. The second-order valence-electron chi connectivity index (χ2n) is 0. The Morgan fingerprint density at radius 1 is 0.750 bits per heavy atom. The van der Waals surface area contributed by atoms with Gasteiger partial charge in [-0.3, -0.25) is 0 Å². The van der Waals surface area contributed by atoms with Gasteiger partial charge in [0, 0.05) is 19.5 Å². The fourth-order valence-corrected chi connectivity index (χ4v) is 0. The maximum atomic E-state index is 0. The van der Waals surface area contributed by atoms with Crippen molar-refractivity contribution in [1.29, 1.82) is 0 Å². The van der Waals surface area contributed by atoms with Crippen LogP contribution in [-0.4, -0.2) is 48.7 Å². The Labute approximate surface area is 67.3 Å². The molecule has 0 heterocycles. The Morgan fingerprint density at radius 3 is 0.750 bits per heavy atom. The molecule has 0 atom stereocenters. The molecule has 0 unspecified atom stereocenters. The van der Waals surface area contributed by atoms with Gasteiger partial charge in [-0.05, 0) is 0 Å². The first-order valence-electron chi connectivity index (χ1n) is 0. The largest absolute Gasteiger partial charge is 0 e. The van der Waals surface area contributed by atoms with Crippen molar-refractivity contribution < 1.29 is 30.4 Å². The van der Waals surface area contributed by atoms with Gasteiger partial charge < -0.3 is 11.0 Å². The molecule has 0 radical (unpaired) electrons. The normalized spacial score (nSPS) is 0. The van der Waals surface area contributed by atoms with E-state index in [1.165, 1.54) is 0 Å². The topological polar surface area (TPSA) is 63.0 Å². The van der Waals surface area contributed by atoms with Crippen LogP contribution < -0.4 is 0 Å². The first kappa shape index (κ1) is 41.2. The van der Waals surface area contributed by atoms with Crippen molar-refractivity contribution >= 4 is 37.7 Å². The molecule has 0 rings (SSSR count). The van der Waals surface area contributed by atoms with E-state index in [1.54, 1.807) is 0 Å². The molecule has 0 fully saturated rings. The molecule has 0 aromatic carbocycles. The first-order valence-corrected chi connectivity index (χ1v) is 0. The zero-order valence-corrected chi connectivity index (χ0v) is 4.67. The number of rotatable bonds is 0. The van der Waals surface area contributed by atoms with Gasteiger partial charge in [-0.2, -0.15) is 0 Å². The predicted molar refractivity (Wildman–Crippen MR) is 15.8 cm³/mol. The molecule has 4 heavy (non-hydrogen) atoms. The average molecular weight is 144 g/mol. The van der Waals surface area contributed by atoms with Crippen LogP contribution >= 0.6 is 0 Å². The molecule has 22 valence electrons. The molecule has 2 nitrogen and oxygen atoms in total. The molecule has 0 bridgehead atoms. The van der Waals surface area contributed by atoms with E-state index in [4.69, 9.17) is 0 Å². The molecule has 4 heteroatoms. The maximum absolute atomic E-state index is 0. The minimum absolute atomic E-state index is 0. The third-order valence-corrected chi connectivity index (χ3v) is 0. The zero-order chi connectivity index (χ0) is 0. The van der Waals surface area contributed by atoms with Crippen LogP contribution in [0.5, 0.6) is 0 Å². The van der Waals surface area contributed by atoms with Crippen molar-refractivity contribution in [2.24, 2.45) is 0 Å². The van der Waals surface area contributed by atoms with Crippen LogP contribution in [0.1, 0.15) is 0 Å². The minimum Gasteiger partial charge on any atom is 0 e. The molecule has 0 aliphatic rings. The van der Waals surface area contributed by atoms with Crippen molar-refractivity contribution in [3.63, 3.8) is 0 Å². The summed E-state index contributed by atoms with van der Waals surface area (Å²) >= 11 is 0. The predicted octanol–water partition coefficient (Wildman–Crippen LogP) is -2.57. The molecule has 0 aromatic heterocycles. The van der Waals surface area contributed by atoms with Gasteiger partial charge in [0.25, 0.3) is 0 Å². The molecular weight excluding hydrogens is 137 g/mol. The Kier molecular flexibility index (Phi) is 220. The maximum Gasteiger partial charge on any atom is 0 e. The van der Waals surface area contributed by atoms with E-state index in [1.807, 2.05) is 0 Å². The van der Waals surface area contributed by atoms with Crippen LogP contribution in [0.3, 0.4) is 0 Å². The van der Waals surface area contributed by atoms with Crippen LogP contribution in [-0.2, 0) is 19.5 Å². The third-order valence-electron chi connectivity index (χ3n) is 0. The Morgan fingerprint density at radius 2 is 0.750 bits per heavy atom. The average Bonchev–Trinajstić information content (AvgIpc) is 0. The van der Waals surface area contributed by atoms with E-state index < -0.39 is 0 Å². The van der Waals surface area contributed by atoms with E-state index in [0.717, 1.165) is 0 Å². The van der Waals surface area contributed by atoms with Gasteiger partial charge in [0.05, 0.1) is 0 Å². The molecule has 0 saturated heterocycles. The van der Waals surface area contributed by atoms with Gasteiger partial charge in [-0.15, -0.1) is 0 Å². The van der Waals surface area contributed by atoms with E-state index >= 15 is 0 Å². The Hall–Kier alpha value is 1.80. The van der Waals surface area contributed by atoms with Crippen LogP contribution in [0.4, 0.5) is 0 Å². The summed E-state index contributed by atoms with van der Waals surface area (Å²) in [6.07, 6.45) is 0. The molecule has 0 aromatic rings. The van der Waals surface area contributed by atoms with Crippen LogP contribution in [0, 0.1) is 0 Å². The van der Waals surface area contributed by atoms with E-state index in [0.29, 0.717) is 0 Å². The van der Waals surface area contributed by atoms with Crippen LogP contribution in [0.15, 0.2) is 0 Å². The van der Waals surface area contributed by atoms with Crippen molar-refractivity contribution in [3.05, 3.63) is 0 Å². The van der Waals surface area contributed by atoms with Crippen molar-refractivity contribution in [3.8, 4) is 0 Å². The summed E-state index contributed by atoms with van der Waals surface area (Å²) in [5.74, 6) is 0. The molecule has 0 aliphatic heterocycles. The molecule has 0 spiro atoms. The minimum atomic E-state index is 0. The summed E-state index contributed by atoms with van der Waals surface area (Å²) < 4.78 is 0. The van der Waals surface area contributed by atoms with E-state index in [-0.39, 0.29) is 68.2 Å². The Balaban J connectivity index is 0. The summed E-state index contributed by atoms with van der Waals surface area (Å²) in [7, 11) is 0. The summed E-state index contributed by atoms with van der Waals surface area (Å²) in [6.45, 7) is 0. The Bertz CT molecular complexity index is 6.00. The molecule has 0 saturated carbocycles. The van der Waals surface area contributed by atoms with Crippen molar-refractivity contribution in [2.75, 3.05) is 0 Å². The summed E-state index contributed by atoms with van der Waals surface area (Å²) in [5, 5.41) is 0. The monoisotopic (exact) mass is 142 g/mol. The van der Waals surface area contributed by atoms with Gasteiger partial charge in [0.2, 0.25) is 0 Å². The first-order chi connectivity index (χ1) is 0. The van der Waals surface area contributed by atoms with Gasteiger partial charge in [0.15, 0.2) is 0 Å².